The molecule has 3 atom stereocenters. The second kappa shape index (κ2) is 9.95. The van der Waals surface area contributed by atoms with Gasteiger partial charge in [-0.3, -0.25) is 14.4 Å². The zero-order valence-electron chi connectivity index (χ0n) is 15.4. The van der Waals surface area contributed by atoms with Gasteiger partial charge >= 0.3 is 5.97 Å². The van der Waals surface area contributed by atoms with Crippen LogP contribution in [0, 0.1) is 11.8 Å². The Hall–Kier alpha value is -1.79. The molecule has 0 aliphatic heterocycles. The van der Waals surface area contributed by atoms with Gasteiger partial charge < -0.3 is 15.4 Å². The number of benzene rings is 1. The summed E-state index contributed by atoms with van der Waals surface area (Å²) in [5.41, 5.74) is 0.201. The van der Waals surface area contributed by atoms with Crippen molar-refractivity contribution in [2.45, 2.75) is 39.2 Å². The van der Waals surface area contributed by atoms with Crippen LogP contribution in [0.1, 0.15) is 43.5 Å². The van der Waals surface area contributed by atoms with Crippen molar-refractivity contribution in [2.24, 2.45) is 11.8 Å². The highest BCUT2D eigenvalue weighted by Gasteiger charge is 2.28. The van der Waals surface area contributed by atoms with Crippen LogP contribution in [-0.4, -0.2) is 37.0 Å². The molecule has 27 heavy (non-hydrogen) atoms. The van der Waals surface area contributed by atoms with Crippen molar-refractivity contribution in [1.29, 1.82) is 0 Å². The maximum absolute atomic E-state index is 12.0. The molecule has 6 nitrogen and oxygen atoms in total. The Bertz CT molecular complexity index is 711. The van der Waals surface area contributed by atoms with Crippen LogP contribution >= 0.6 is 23.2 Å². The SMILES string of the molecule is CC1CCCC(NC(=O)COC(=O)CNC(=O)c2ccc(Cl)cc2Cl)C1C. The number of carbonyl (C=O) groups is 3. The fraction of sp³-hybridized carbons (Fsp3) is 0.526. The maximum Gasteiger partial charge on any atom is 0.325 e. The lowest BCUT2D eigenvalue weighted by Gasteiger charge is -2.34. The lowest BCUT2D eigenvalue weighted by molar-refractivity contribution is -0.147. The van der Waals surface area contributed by atoms with E-state index >= 15 is 0 Å². The molecular formula is C19H24Cl2N2O4. The molecule has 0 spiro atoms. The summed E-state index contributed by atoms with van der Waals surface area (Å²) < 4.78 is 4.92. The number of ether oxygens (including phenoxy) is 1. The van der Waals surface area contributed by atoms with Crippen molar-refractivity contribution in [3.05, 3.63) is 33.8 Å². The van der Waals surface area contributed by atoms with Gasteiger partial charge in [0, 0.05) is 11.1 Å². The molecule has 1 fully saturated rings. The molecule has 1 aromatic rings. The minimum Gasteiger partial charge on any atom is -0.454 e. The Labute approximate surface area is 168 Å². The molecule has 2 rings (SSSR count). The fourth-order valence-corrected chi connectivity index (χ4v) is 3.65. The summed E-state index contributed by atoms with van der Waals surface area (Å²) in [6, 6.07) is 4.53. The van der Waals surface area contributed by atoms with Crippen molar-refractivity contribution in [3.8, 4) is 0 Å². The predicted molar refractivity (Wildman–Crippen MR) is 104 cm³/mol. The molecule has 0 aromatic heterocycles. The Morgan fingerprint density at radius 2 is 1.93 bits per heavy atom. The summed E-state index contributed by atoms with van der Waals surface area (Å²) in [4.78, 5) is 35.8. The van der Waals surface area contributed by atoms with Crippen molar-refractivity contribution in [2.75, 3.05) is 13.2 Å². The molecule has 8 heteroatoms. The average molecular weight is 415 g/mol. The summed E-state index contributed by atoms with van der Waals surface area (Å²) in [5.74, 6) is -0.610. The van der Waals surface area contributed by atoms with Gasteiger partial charge in [-0.05, 0) is 36.5 Å². The highest BCUT2D eigenvalue weighted by Crippen LogP contribution is 2.29. The van der Waals surface area contributed by atoms with Crippen LogP contribution in [0.4, 0.5) is 0 Å². The van der Waals surface area contributed by atoms with Gasteiger partial charge in [0.2, 0.25) is 0 Å². The monoisotopic (exact) mass is 414 g/mol. The second-order valence-electron chi connectivity index (χ2n) is 6.91. The first-order valence-corrected chi connectivity index (χ1v) is 9.71. The molecule has 0 saturated heterocycles. The van der Waals surface area contributed by atoms with E-state index in [0.29, 0.717) is 16.9 Å². The number of halogens is 2. The third-order valence-electron chi connectivity index (χ3n) is 4.99. The Morgan fingerprint density at radius 3 is 2.63 bits per heavy atom. The Balaban J connectivity index is 1.72. The standard InChI is InChI=1S/C19H24Cl2N2O4/c1-11-4-3-5-16(12(11)2)23-17(24)10-27-18(25)9-22-19(26)14-7-6-13(20)8-15(14)21/h6-8,11-12,16H,3-5,9-10H2,1-2H3,(H,22,26)(H,23,24). The van der Waals surface area contributed by atoms with Gasteiger partial charge in [-0.1, -0.05) is 49.9 Å². The zero-order chi connectivity index (χ0) is 20.0. The number of nitrogens with one attached hydrogen (secondary N) is 2. The van der Waals surface area contributed by atoms with Crippen LogP contribution in [0.2, 0.25) is 10.0 Å². The summed E-state index contributed by atoms with van der Waals surface area (Å²) in [6.07, 6.45) is 3.18. The van der Waals surface area contributed by atoms with E-state index in [0.717, 1.165) is 12.8 Å². The fourth-order valence-electron chi connectivity index (χ4n) is 3.15. The summed E-state index contributed by atoms with van der Waals surface area (Å²) in [7, 11) is 0. The van der Waals surface area contributed by atoms with Gasteiger partial charge in [0.05, 0.1) is 10.6 Å². The van der Waals surface area contributed by atoms with E-state index in [-0.39, 0.29) is 35.7 Å². The number of rotatable bonds is 6. The van der Waals surface area contributed by atoms with E-state index in [4.69, 9.17) is 27.9 Å². The molecule has 0 heterocycles. The zero-order valence-corrected chi connectivity index (χ0v) is 16.9. The van der Waals surface area contributed by atoms with Crippen LogP contribution in [0.5, 0.6) is 0 Å². The van der Waals surface area contributed by atoms with Gasteiger partial charge in [0.25, 0.3) is 11.8 Å². The summed E-state index contributed by atoms with van der Waals surface area (Å²) in [5, 5.41) is 5.92. The van der Waals surface area contributed by atoms with E-state index in [2.05, 4.69) is 24.5 Å². The highest BCUT2D eigenvalue weighted by molar-refractivity contribution is 6.36. The molecule has 0 bridgehead atoms. The van der Waals surface area contributed by atoms with E-state index in [1.807, 2.05) is 0 Å². The molecule has 148 valence electrons. The molecule has 2 amide bonds. The molecular weight excluding hydrogens is 391 g/mol. The topological polar surface area (TPSA) is 84.5 Å². The Morgan fingerprint density at radius 1 is 1.19 bits per heavy atom. The number of esters is 1. The van der Waals surface area contributed by atoms with Gasteiger partial charge in [-0.2, -0.15) is 0 Å². The second-order valence-corrected chi connectivity index (χ2v) is 7.75. The number of carbonyl (C=O) groups excluding carboxylic acids is 3. The summed E-state index contributed by atoms with van der Waals surface area (Å²) >= 11 is 11.7. The third kappa shape index (κ3) is 6.40. The third-order valence-corrected chi connectivity index (χ3v) is 5.53. The normalized spacial score (nSPS) is 22.0. The van der Waals surface area contributed by atoms with Crippen LogP contribution in [0.25, 0.3) is 0 Å². The van der Waals surface area contributed by atoms with Gasteiger partial charge in [-0.15, -0.1) is 0 Å². The van der Waals surface area contributed by atoms with Crippen LogP contribution in [-0.2, 0) is 14.3 Å². The maximum atomic E-state index is 12.0. The van der Waals surface area contributed by atoms with Gasteiger partial charge in [0.1, 0.15) is 6.54 Å². The van der Waals surface area contributed by atoms with Crippen LogP contribution in [0.3, 0.4) is 0 Å². The molecule has 1 aliphatic rings. The Kier molecular flexibility index (Phi) is 7.92. The first-order valence-electron chi connectivity index (χ1n) is 8.96. The largest absolute Gasteiger partial charge is 0.454 e. The quantitative estimate of drug-likeness (QED) is 0.699. The van der Waals surface area contributed by atoms with Crippen molar-refractivity contribution in [3.63, 3.8) is 0 Å². The molecule has 2 N–H and O–H groups in total. The predicted octanol–water partition coefficient (Wildman–Crippen LogP) is 3.21. The van der Waals surface area contributed by atoms with Crippen molar-refractivity contribution < 1.29 is 19.1 Å². The molecule has 1 saturated carbocycles. The lowest BCUT2D eigenvalue weighted by Crippen LogP contribution is -2.45. The van der Waals surface area contributed by atoms with Gasteiger partial charge in [0.15, 0.2) is 6.61 Å². The minimum absolute atomic E-state index is 0.103. The lowest BCUT2D eigenvalue weighted by atomic mass is 9.78. The van der Waals surface area contributed by atoms with E-state index in [9.17, 15) is 14.4 Å². The smallest absolute Gasteiger partial charge is 0.325 e. The number of amides is 2. The summed E-state index contributed by atoms with van der Waals surface area (Å²) in [6.45, 7) is 3.58. The van der Waals surface area contributed by atoms with E-state index in [1.165, 1.54) is 24.6 Å². The number of hydrogen-bond acceptors (Lipinski definition) is 4. The molecule has 3 unspecified atom stereocenters. The van der Waals surface area contributed by atoms with Crippen molar-refractivity contribution in [1.82, 2.24) is 10.6 Å². The first-order chi connectivity index (χ1) is 12.8. The van der Waals surface area contributed by atoms with Crippen molar-refractivity contribution >= 4 is 41.0 Å². The van der Waals surface area contributed by atoms with E-state index in [1.54, 1.807) is 0 Å². The van der Waals surface area contributed by atoms with Crippen LogP contribution in [0.15, 0.2) is 18.2 Å². The highest BCUT2D eigenvalue weighted by atomic mass is 35.5. The molecule has 1 aromatic carbocycles. The molecule has 1 aliphatic carbocycles. The van der Waals surface area contributed by atoms with Crippen LogP contribution < -0.4 is 10.6 Å². The van der Waals surface area contributed by atoms with Gasteiger partial charge in [-0.25, -0.2) is 0 Å². The average Bonchev–Trinajstić information content (AvgIpc) is 2.62. The molecule has 0 radical (unpaired) electrons. The first kappa shape index (κ1) is 21.5. The minimum atomic E-state index is -0.700. The number of hydrogen-bond donors (Lipinski definition) is 2. The van der Waals surface area contributed by atoms with E-state index < -0.39 is 11.9 Å².